The summed E-state index contributed by atoms with van der Waals surface area (Å²) in [7, 11) is 1.30. The second-order valence-electron chi connectivity index (χ2n) is 5.75. The zero-order chi connectivity index (χ0) is 19.2. The average molecular weight is 382 g/mol. The number of hydrogen-bond acceptors (Lipinski definition) is 7. The van der Waals surface area contributed by atoms with Crippen LogP contribution in [0.15, 0.2) is 48.0 Å². The maximum Gasteiger partial charge on any atom is 0.339 e. The highest BCUT2D eigenvalue weighted by Gasteiger charge is 2.14. The number of methoxy groups -OCH3 is 1. The molecule has 3 aromatic rings. The molecule has 0 spiro atoms. The number of pyridine rings is 1. The predicted octanol–water partition coefficient (Wildman–Crippen LogP) is 3.56. The maximum absolute atomic E-state index is 12.3. The Morgan fingerprint density at radius 2 is 2.04 bits per heavy atom. The van der Waals surface area contributed by atoms with Gasteiger partial charge in [0.1, 0.15) is 5.82 Å². The van der Waals surface area contributed by atoms with E-state index in [0.717, 1.165) is 5.56 Å². The molecule has 2 aromatic heterocycles. The molecule has 0 unspecified atom stereocenters. The van der Waals surface area contributed by atoms with Crippen LogP contribution in [0, 0.1) is 6.92 Å². The van der Waals surface area contributed by atoms with Gasteiger partial charge in [0.25, 0.3) is 0 Å². The third-order valence-electron chi connectivity index (χ3n) is 3.65. The zero-order valence-electron chi connectivity index (χ0n) is 14.9. The van der Waals surface area contributed by atoms with Gasteiger partial charge >= 0.3 is 5.97 Å². The fraction of sp³-hybridized carbons (Fsp3) is 0.158. The lowest BCUT2D eigenvalue weighted by Crippen LogP contribution is -2.17. The number of benzene rings is 1. The molecule has 0 aliphatic rings. The van der Waals surface area contributed by atoms with Gasteiger partial charge in [-0.2, -0.15) is 0 Å². The van der Waals surface area contributed by atoms with Crippen LogP contribution in [0.3, 0.4) is 0 Å². The Morgan fingerprint density at radius 3 is 2.81 bits per heavy atom. The van der Waals surface area contributed by atoms with Crippen LogP contribution < -0.4 is 10.6 Å². The van der Waals surface area contributed by atoms with Crippen LogP contribution >= 0.6 is 11.3 Å². The van der Waals surface area contributed by atoms with E-state index in [9.17, 15) is 9.59 Å². The Labute approximate surface area is 160 Å². The van der Waals surface area contributed by atoms with Gasteiger partial charge in [-0.3, -0.25) is 4.79 Å². The summed E-state index contributed by atoms with van der Waals surface area (Å²) in [5.74, 6) is -0.0686. The molecular weight excluding hydrogens is 364 g/mol. The van der Waals surface area contributed by atoms with Gasteiger partial charge in [0.15, 0.2) is 5.13 Å². The lowest BCUT2D eigenvalue weighted by Gasteiger charge is -2.08. The number of anilines is 3. The van der Waals surface area contributed by atoms with Crippen LogP contribution in [0.25, 0.3) is 0 Å². The van der Waals surface area contributed by atoms with Crippen molar-refractivity contribution in [2.24, 2.45) is 0 Å². The lowest BCUT2D eigenvalue weighted by atomic mass is 10.1. The fourth-order valence-electron chi connectivity index (χ4n) is 2.40. The van der Waals surface area contributed by atoms with Gasteiger partial charge in [-0.15, -0.1) is 11.3 Å². The van der Waals surface area contributed by atoms with E-state index in [1.165, 1.54) is 18.4 Å². The molecule has 0 saturated heterocycles. The highest BCUT2D eigenvalue weighted by molar-refractivity contribution is 7.13. The molecule has 27 heavy (non-hydrogen) atoms. The molecule has 0 atom stereocenters. The molecule has 2 heterocycles. The van der Waals surface area contributed by atoms with E-state index in [4.69, 9.17) is 4.74 Å². The van der Waals surface area contributed by atoms with Crippen molar-refractivity contribution in [2.45, 2.75) is 13.3 Å². The van der Waals surface area contributed by atoms with Crippen molar-refractivity contribution in [1.29, 1.82) is 0 Å². The van der Waals surface area contributed by atoms with Crippen LogP contribution in [-0.2, 0) is 16.0 Å². The van der Waals surface area contributed by atoms with Crippen molar-refractivity contribution >= 4 is 39.9 Å². The largest absolute Gasteiger partial charge is 0.465 e. The minimum atomic E-state index is -0.503. The van der Waals surface area contributed by atoms with Gasteiger partial charge in [0.2, 0.25) is 5.91 Å². The third-order valence-corrected chi connectivity index (χ3v) is 4.46. The Balaban J connectivity index is 1.64. The number of aromatic nitrogens is 2. The Morgan fingerprint density at radius 1 is 1.22 bits per heavy atom. The van der Waals surface area contributed by atoms with Crippen LogP contribution in [-0.4, -0.2) is 29.0 Å². The molecule has 0 saturated carbocycles. The highest BCUT2D eigenvalue weighted by atomic mass is 32.1. The minimum absolute atomic E-state index is 0.0922. The number of para-hydroxylation sites is 1. The summed E-state index contributed by atoms with van der Waals surface area (Å²) in [4.78, 5) is 32.7. The molecule has 0 bridgehead atoms. The normalized spacial score (nSPS) is 10.3. The Bertz CT molecular complexity index is 971. The number of ether oxygens (including phenoxy) is 1. The second-order valence-corrected chi connectivity index (χ2v) is 6.61. The number of carbonyl (C=O) groups is 2. The first-order chi connectivity index (χ1) is 13.0. The molecule has 1 amide bonds. The first kappa shape index (κ1) is 18.5. The van der Waals surface area contributed by atoms with E-state index in [1.54, 1.807) is 30.5 Å². The van der Waals surface area contributed by atoms with Crippen molar-refractivity contribution in [3.05, 3.63) is 64.8 Å². The zero-order valence-corrected chi connectivity index (χ0v) is 15.7. The van der Waals surface area contributed by atoms with Crippen LogP contribution in [0.5, 0.6) is 0 Å². The predicted molar refractivity (Wildman–Crippen MR) is 104 cm³/mol. The number of thiazole rings is 1. The SMILES string of the molecule is COC(=O)c1ccccc1NC(=O)Cc1csc(Nc2cc(C)ccn2)n1. The number of aryl methyl sites for hydroxylation is 1. The van der Waals surface area contributed by atoms with Gasteiger partial charge in [-0.05, 0) is 36.8 Å². The molecule has 0 radical (unpaired) electrons. The maximum atomic E-state index is 12.3. The third kappa shape index (κ3) is 4.89. The van der Waals surface area contributed by atoms with Gasteiger partial charge in [-0.25, -0.2) is 14.8 Å². The average Bonchev–Trinajstić information content (AvgIpc) is 3.08. The quantitative estimate of drug-likeness (QED) is 0.633. The number of esters is 1. The molecule has 8 heteroatoms. The number of rotatable bonds is 6. The molecule has 1 aromatic carbocycles. The summed E-state index contributed by atoms with van der Waals surface area (Å²) in [5, 5.41) is 8.32. The van der Waals surface area contributed by atoms with E-state index in [-0.39, 0.29) is 12.3 Å². The van der Waals surface area contributed by atoms with Crippen LogP contribution in [0.4, 0.5) is 16.6 Å². The van der Waals surface area contributed by atoms with Crippen LogP contribution in [0.1, 0.15) is 21.6 Å². The minimum Gasteiger partial charge on any atom is -0.465 e. The van der Waals surface area contributed by atoms with Crippen molar-refractivity contribution in [2.75, 3.05) is 17.7 Å². The standard InChI is InChI=1S/C19H18N4O3S/c1-12-7-8-20-16(9-12)23-19-21-13(11-27-19)10-17(24)22-15-6-4-3-5-14(15)18(25)26-2/h3-9,11H,10H2,1-2H3,(H,22,24)(H,20,21,23). The van der Waals surface area contributed by atoms with Crippen molar-refractivity contribution in [3.63, 3.8) is 0 Å². The van der Waals surface area contributed by atoms with Crippen molar-refractivity contribution in [1.82, 2.24) is 9.97 Å². The van der Waals surface area contributed by atoms with Gasteiger partial charge in [0, 0.05) is 11.6 Å². The molecular formula is C19H18N4O3S. The van der Waals surface area contributed by atoms with E-state index in [2.05, 4.69) is 20.6 Å². The summed E-state index contributed by atoms with van der Waals surface area (Å²) in [5.41, 5.74) is 2.43. The summed E-state index contributed by atoms with van der Waals surface area (Å²) in [6.07, 6.45) is 1.81. The molecule has 0 aliphatic heterocycles. The van der Waals surface area contributed by atoms with E-state index < -0.39 is 5.97 Å². The topological polar surface area (TPSA) is 93.2 Å². The fourth-order valence-corrected chi connectivity index (χ4v) is 3.12. The molecule has 138 valence electrons. The first-order valence-corrected chi connectivity index (χ1v) is 9.04. The molecule has 0 aliphatic carbocycles. The number of hydrogen-bond donors (Lipinski definition) is 2. The van der Waals surface area contributed by atoms with E-state index in [1.807, 2.05) is 24.4 Å². The molecule has 2 N–H and O–H groups in total. The van der Waals surface area contributed by atoms with Gasteiger partial charge in [-0.1, -0.05) is 12.1 Å². The lowest BCUT2D eigenvalue weighted by molar-refractivity contribution is -0.115. The summed E-state index contributed by atoms with van der Waals surface area (Å²) >= 11 is 1.39. The summed E-state index contributed by atoms with van der Waals surface area (Å²) in [6, 6.07) is 10.5. The number of carbonyl (C=O) groups excluding carboxylic acids is 2. The molecule has 0 fully saturated rings. The number of amides is 1. The second kappa shape index (κ2) is 8.41. The summed E-state index contributed by atoms with van der Waals surface area (Å²) in [6.45, 7) is 1.98. The van der Waals surface area contributed by atoms with E-state index in [0.29, 0.717) is 27.9 Å². The first-order valence-electron chi connectivity index (χ1n) is 8.16. The molecule has 3 rings (SSSR count). The van der Waals surface area contributed by atoms with Gasteiger partial charge < -0.3 is 15.4 Å². The smallest absolute Gasteiger partial charge is 0.339 e. The van der Waals surface area contributed by atoms with Crippen molar-refractivity contribution < 1.29 is 14.3 Å². The molecule has 7 nitrogen and oxygen atoms in total. The van der Waals surface area contributed by atoms with E-state index >= 15 is 0 Å². The van der Waals surface area contributed by atoms with Gasteiger partial charge in [0.05, 0.1) is 30.5 Å². The number of nitrogens with one attached hydrogen (secondary N) is 2. The van der Waals surface area contributed by atoms with Crippen LogP contribution in [0.2, 0.25) is 0 Å². The highest BCUT2D eigenvalue weighted by Crippen LogP contribution is 2.21. The number of nitrogens with zero attached hydrogens (tertiary/aromatic N) is 2. The summed E-state index contributed by atoms with van der Waals surface area (Å²) < 4.78 is 4.73. The monoisotopic (exact) mass is 382 g/mol. The van der Waals surface area contributed by atoms with Crippen molar-refractivity contribution in [3.8, 4) is 0 Å². The Kier molecular flexibility index (Phi) is 5.77. The Hall–Kier alpha value is -3.26.